The van der Waals surface area contributed by atoms with Gasteiger partial charge >= 0.3 is 0 Å². The van der Waals surface area contributed by atoms with Gasteiger partial charge in [-0.2, -0.15) is 0 Å². The number of hydrogen-bond acceptors (Lipinski definition) is 5. The van der Waals surface area contributed by atoms with Gasteiger partial charge in [-0.3, -0.25) is 19.7 Å². The number of ether oxygens (including phenoxy) is 1. The number of para-hydroxylation sites is 1. The van der Waals surface area contributed by atoms with Gasteiger partial charge in [0, 0.05) is 34.4 Å². The van der Waals surface area contributed by atoms with Crippen molar-refractivity contribution in [2.75, 3.05) is 17.3 Å². The fourth-order valence-electron chi connectivity index (χ4n) is 6.61. The van der Waals surface area contributed by atoms with Crippen molar-refractivity contribution < 1.29 is 19.1 Å². The van der Waals surface area contributed by atoms with Crippen molar-refractivity contribution in [3.63, 3.8) is 0 Å². The molecule has 2 saturated heterocycles. The number of nitrogens with one attached hydrogen (secondary N) is 3. The first-order valence-corrected chi connectivity index (χ1v) is 12.7. The number of fused-ring (bicyclic) bond motifs is 5. The fourth-order valence-corrected chi connectivity index (χ4v) is 6.61. The summed E-state index contributed by atoms with van der Waals surface area (Å²) < 4.78 is 5.26. The molecule has 190 valence electrons. The standard InChI is InChI=1S/C30H26N4O4/c1-16-7-12-23-21(13-16)30(29(37)32-23)26-25(24(33-30)14-17-15-31-22-6-4-3-5-20(17)22)27(35)34(28(26)36)18-8-10-19(38-2)11-9-18/h3-13,15,24-26,31,33H,14H2,1-2H3,(H,32,37). The number of hydrogen-bond donors (Lipinski definition) is 3. The summed E-state index contributed by atoms with van der Waals surface area (Å²) in [7, 11) is 1.56. The van der Waals surface area contributed by atoms with Crippen LogP contribution in [0.5, 0.6) is 5.75 Å². The third-order valence-electron chi connectivity index (χ3n) is 8.32. The van der Waals surface area contributed by atoms with Crippen molar-refractivity contribution in [2.45, 2.75) is 24.9 Å². The summed E-state index contributed by atoms with van der Waals surface area (Å²) in [6.07, 6.45) is 2.43. The van der Waals surface area contributed by atoms with Crippen LogP contribution in [0.4, 0.5) is 11.4 Å². The second kappa shape index (κ2) is 8.03. The molecule has 4 heterocycles. The normalized spacial score (nSPS) is 25.8. The molecule has 4 aromatic rings. The van der Waals surface area contributed by atoms with Crippen LogP contribution in [0, 0.1) is 18.8 Å². The number of aryl methyl sites for hydroxylation is 1. The van der Waals surface area contributed by atoms with E-state index >= 15 is 0 Å². The molecule has 3 N–H and O–H groups in total. The van der Waals surface area contributed by atoms with Gasteiger partial charge in [-0.15, -0.1) is 0 Å². The third-order valence-corrected chi connectivity index (χ3v) is 8.32. The molecule has 3 amide bonds. The number of carbonyl (C=O) groups excluding carboxylic acids is 3. The SMILES string of the molecule is COc1ccc(N2C(=O)C3C(Cc4c[nH]c5ccccc45)NC4(C(=O)Nc5ccc(C)cc54)C3C2=O)cc1. The monoisotopic (exact) mass is 506 g/mol. The maximum atomic E-state index is 14.2. The molecule has 0 bridgehead atoms. The molecule has 0 saturated carbocycles. The number of rotatable bonds is 4. The van der Waals surface area contributed by atoms with E-state index < -0.39 is 23.4 Å². The first-order chi connectivity index (χ1) is 18.4. The fraction of sp³-hybridized carbons (Fsp3) is 0.233. The molecule has 0 aliphatic carbocycles. The number of aromatic nitrogens is 1. The summed E-state index contributed by atoms with van der Waals surface area (Å²) in [4.78, 5) is 46.6. The highest BCUT2D eigenvalue weighted by Crippen LogP contribution is 2.54. The van der Waals surface area contributed by atoms with Crippen LogP contribution in [0.2, 0.25) is 0 Å². The second-order valence-corrected chi connectivity index (χ2v) is 10.3. The van der Waals surface area contributed by atoms with Crippen LogP contribution in [0.25, 0.3) is 10.9 Å². The van der Waals surface area contributed by atoms with Crippen molar-refractivity contribution in [1.29, 1.82) is 0 Å². The first-order valence-electron chi connectivity index (χ1n) is 12.7. The number of anilines is 2. The van der Waals surface area contributed by atoms with Crippen LogP contribution >= 0.6 is 0 Å². The number of H-pyrrole nitrogens is 1. The number of nitrogens with zero attached hydrogens (tertiary/aromatic N) is 1. The van der Waals surface area contributed by atoms with Crippen LogP contribution in [0.1, 0.15) is 16.7 Å². The van der Waals surface area contributed by atoms with Crippen molar-refractivity contribution in [3.05, 3.63) is 89.6 Å². The minimum atomic E-state index is -1.34. The molecule has 7 rings (SSSR count). The summed E-state index contributed by atoms with van der Waals surface area (Å²) in [5.74, 6) is -1.93. The molecule has 8 heteroatoms. The predicted molar refractivity (Wildman–Crippen MR) is 143 cm³/mol. The Kier molecular flexibility index (Phi) is 4.81. The van der Waals surface area contributed by atoms with E-state index in [1.54, 1.807) is 31.4 Å². The van der Waals surface area contributed by atoms with Crippen molar-refractivity contribution in [2.24, 2.45) is 11.8 Å². The van der Waals surface area contributed by atoms with E-state index in [2.05, 4.69) is 15.6 Å². The number of imide groups is 1. The maximum absolute atomic E-state index is 14.2. The van der Waals surface area contributed by atoms with Crippen molar-refractivity contribution in [1.82, 2.24) is 10.3 Å². The van der Waals surface area contributed by atoms with E-state index in [-0.39, 0.29) is 17.7 Å². The lowest BCUT2D eigenvalue weighted by molar-refractivity contribution is -0.130. The van der Waals surface area contributed by atoms with Gasteiger partial charge < -0.3 is 15.0 Å². The smallest absolute Gasteiger partial charge is 0.250 e. The highest BCUT2D eigenvalue weighted by molar-refractivity contribution is 6.25. The Morgan fingerprint density at radius 3 is 2.55 bits per heavy atom. The van der Waals surface area contributed by atoms with Crippen molar-refractivity contribution in [3.8, 4) is 5.75 Å². The summed E-state index contributed by atoms with van der Waals surface area (Å²) >= 11 is 0. The van der Waals surface area contributed by atoms with Crippen LogP contribution in [0.3, 0.4) is 0 Å². The number of methoxy groups -OCH3 is 1. The highest BCUT2D eigenvalue weighted by Gasteiger charge is 2.70. The minimum absolute atomic E-state index is 0.298. The number of aromatic amines is 1. The van der Waals surface area contributed by atoms with E-state index in [1.807, 2.05) is 55.6 Å². The molecule has 0 radical (unpaired) electrons. The van der Waals surface area contributed by atoms with Gasteiger partial charge in [0.1, 0.15) is 11.3 Å². The molecule has 4 atom stereocenters. The number of benzene rings is 3. The summed E-state index contributed by atoms with van der Waals surface area (Å²) in [5.41, 5.74) is 3.52. The highest BCUT2D eigenvalue weighted by atomic mass is 16.5. The molecule has 3 aliphatic heterocycles. The summed E-state index contributed by atoms with van der Waals surface area (Å²) in [5, 5.41) is 7.58. The lowest BCUT2D eigenvalue weighted by atomic mass is 9.76. The number of amides is 3. The van der Waals surface area contributed by atoms with Gasteiger partial charge in [0.05, 0.1) is 24.6 Å². The summed E-state index contributed by atoms with van der Waals surface area (Å²) in [6, 6.07) is 20.2. The van der Waals surface area contributed by atoms with E-state index in [9.17, 15) is 14.4 Å². The Balaban J connectivity index is 1.37. The van der Waals surface area contributed by atoms with Crippen LogP contribution < -0.4 is 20.3 Å². The predicted octanol–water partition coefficient (Wildman–Crippen LogP) is 3.65. The van der Waals surface area contributed by atoms with Crippen molar-refractivity contribution >= 4 is 40.0 Å². The van der Waals surface area contributed by atoms with Gasteiger partial charge in [0.2, 0.25) is 17.7 Å². The average Bonchev–Trinajstić information content (AvgIpc) is 3.63. The van der Waals surface area contributed by atoms with Gasteiger partial charge in [-0.1, -0.05) is 35.9 Å². The van der Waals surface area contributed by atoms with Gasteiger partial charge in [0.25, 0.3) is 0 Å². The zero-order chi connectivity index (χ0) is 26.2. The molecule has 2 fully saturated rings. The van der Waals surface area contributed by atoms with Crippen LogP contribution in [-0.2, 0) is 26.3 Å². The lowest BCUT2D eigenvalue weighted by Crippen LogP contribution is -2.53. The lowest BCUT2D eigenvalue weighted by Gasteiger charge is -2.29. The van der Waals surface area contributed by atoms with Gasteiger partial charge in [-0.25, -0.2) is 4.90 Å². The molecular weight excluding hydrogens is 480 g/mol. The Hall–Kier alpha value is -4.43. The maximum Gasteiger partial charge on any atom is 0.250 e. The molecule has 3 aromatic carbocycles. The molecule has 38 heavy (non-hydrogen) atoms. The van der Waals surface area contributed by atoms with Gasteiger partial charge in [-0.05, 0) is 55.3 Å². The zero-order valence-electron chi connectivity index (χ0n) is 20.9. The average molecular weight is 507 g/mol. The Morgan fingerprint density at radius 1 is 0.974 bits per heavy atom. The minimum Gasteiger partial charge on any atom is -0.497 e. The Bertz CT molecular complexity index is 1640. The van der Waals surface area contributed by atoms with Gasteiger partial charge in [0.15, 0.2) is 0 Å². The quantitative estimate of drug-likeness (QED) is 0.367. The van der Waals surface area contributed by atoms with E-state index in [0.29, 0.717) is 23.5 Å². The van der Waals surface area contributed by atoms with E-state index in [1.165, 1.54) is 4.90 Å². The Labute approximate surface area is 219 Å². The topological polar surface area (TPSA) is 104 Å². The van der Waals surface area contributed by atoms with E-state index in [0.717, 1.165) is 27.6 Å². The molecule has 4 unspecified atom stereocenters. The molecule has 1 aromatic heterocycles. The molecule has 1 spiro atoms. The molecule has 3 aliphatic rings. The molecular formula is C30H26N4O4. The van der Waals surface area contributed by atoms with E-state index in [4.69, 9.17) is 4.74 Å². The van der Waals surface area contributed by atoms with Crippen LogP contribution in [-0.4, -0.2) is 35.9 Å². The number of carbonyl (C=O) groups is 3. The second-order valence-electron chi connectivity index (χ2n) is 10.3. The zero-order valence-corrected chi connectivity index (χ0v) is 20.9. The molecule has 8 nitrogen and oxygen atoms in total. The summed E-state index contributed by atoms with van der Waals surface area (Å²) in [6.45, 7) is 1.96. The third kappa shape index (κ3) is 2.98. The Morgan fingerprint density at radius 2 is 1.76 bits per heavy atom. The van der Waals surface area contributed by atoms with Crippen LogP contribution in [0.15, 0.2) is 72.9 Å². The largest absolute Gasteiger partial charge is 0.497 e. The first kappa shape index (κ1) is 22.7.